The fourth-order valence-corrected chi connectivity index (χ4v) is 1.54. The Bertz CT molecular complexity index is 291. The molecule has 1 aromatic heterocycles. The van der Waals surface area contributed by atoms with Crippen LogP contribution in [0, 0.1) is 0 Å². The Kier molecular flexibility index (Phi) is 5.25. The minimum atomic E-state index is 0.0444. The van der Waals surface area contributed by atoms with Crippen molar-refractivity contribution in [3.05, 3.63) is 29.6 Å². The molecule has 1 heterocycles. The van der Waals surface area contributed by atoms with Crippen molar-refractivity contribution < 1.29 is 4.74 Å². The van der Waals surface area contributed by atoms with Gasteiger partial charge < -0.3 is 4.74 Å². The molecule has 84 valence electrons. The Morgan fingerprint density at radius 2 is 2.33 bits per heavy atom. The number of nitrogens with zero attached hydrogens (tertiary/aromatic N) is 1. The first-order valence-corrected chi connectivity index (χ1v) is 5.30. The lowest BCUT2D eigenvalue weighted by Gasteiger charge is -2.18. The number of hydrogen-bond donors (Lipinski definition) is 2. The van der Waals surface area contributed by atoms with E-state index in [1.165, 1.54) is 11.1 Å². The highest BCUT2D eigenvalue weighted by molar-refractivity contribution is 5.26. The van der Waals surface area contributed by atoms with Crippen LogP contribution in [0.2, 0.25) is 0 Å². The quantitative estimate of drug-likeness (QED) is 0.545. The first-order valence-electron chi connectivity index (χ1n) is 5.30. The van der Waals surface area contributed by atoms with Crippen molar-refractivity contribution in [3.63, 3.8) is 0 Å². The highest BCUT2D eigenvalue weighted by Gasteiger charge is 2.12. The smallest absolute Gasteiger partial charge is 0.0697 e. The van der Waals surface area contributed by atoms with Crippen LogP contribution < -0.4 is 11.3 Å². The molecule has 0 radical (unpaired) electrons. The Morgan fingerprint density at radius 3 is 2.93 bits per heavy atom. The van der Waals surface area contributed by atoms with Gasteiger partial charge in [0, 0.05) is 19.0 Å². The molecular weight excluding hydrogens is 190 g/mol. The van der Waals surface area contributed by atoms with Gasteiger partial charge in [0.25, 0.3) is 0 Å². The number of hydrogen-bond acceptors (Lipinski definition) is 4. The minimum absolute atomic E-state index is 0.0444. The van der Waals surface area contributed by atoms with Gasteiger partial charge in [0.05, 0.1) is 12.6 Å². The van der Waals surface area contributed by atoms with Crippen LogP contribution in [0.25, 0.3) is 0 Å². The van der Waals surface area contributed by atoms with E-state index in [0.29, 0.717) is 13.2 Å². The molecule has 1 aromatic rings. The summed E-state index contributed by atoms with van der Waals surface area (Å²) in [5, 5.41) is 0. The van der Waals surface area contributed by atoms with Crippen molar-refractivity contribution in [1.29, 1.82) is 0 Å². The second-order valence-corrected chi connectivity index (χ2v) is 3.31. The van der Waals surface area contributed by atoms with Crippen LogP contribution in [0.1, 0.15) is 31.0 Å². The second kappa shape index (κ2) is 6.50. The third-order valence-electron chi connectivity index (χ3n) is 2.39. The summed E-state index contributed by atoms with van der Waals surface area (Å²) in [4.78, 5) is 4.10. The van der Waals surface area contributed by atoms with Crippen LogP contribution in [-0.4, -0.2) is 18.2 Å². The maximum absolute atomic E-state index is 5.52. The van der Waals surface area contributed by atoms with Gasteiger partial charge in [0.1, 0.15) is 0 Å². The van der Waals surface area contributed by atoms with E-state index in [-0.39, 0.29) is 6.04 Å². The normalized spacial score (nSPS) is 12.7. The lowest BCUT2D eigenvalue weighted by molar-refractivity contribution is 0.123. The number of nitrogens with two attached hydrogens (primary N) is 1. The van der Waals surface area contributed by atoms with Crippen molar-refractivity contribution in [1.82, 2.24) is 10.4 Å². The van der Waals surface area contributed by atoms with Gasteiger partial charge in [-0.05, 0) is 30.5 Å². The van der Waals surface area contributed by atoms with Gasteiger partial charge in [-0.1, -0.05) is 6.92 Å². The van der Waals surface area contributed by atoms with Crippen molar-refractivity contribution in [2.75, 3.05) is 13.2 Å². The maximum atomic E-state index is 5.52. The van der Waals surface area contributed by atoms with Gasteiger partial charge >= 0.3 is 0 Å². The van der Waals surface area contributed by atoms with Crippen molar-refractivity contribution in [2.45, 2.75) is 26.3 Å². The third kappa shape index (κ3) is 3.27. The Morgan fingerprint density at radius 1 is 1.53 bits per heavy atom. The predicted octanol–water partition coefficient (Wildman–Crippen LogP) is 1.18. The maximum Gasteiger partial charge on any atom is 0.0697 e. The molecule has 0 amide bonds. The zero-order valence-corrected chi connectivity index (χ0v) is 9.36. The van der Waals surface area contributed by atoms with Gasteiger partial charge in [0.15, 0.2) is 0 Å². The summed E-state index contributed by atoms with van der Waals surface area (Å²) < 4.78 is 5.38. The van der Waals surface area contributed by atoms with Crippen molar-refractivity contribution >= 4 is 0 Å². The van der Waals surface area contributed by atoms with Crippen LogP contribution in [0.15, 0.2) is 18.5 Å². The number of pyridine rings is 1. The number of aryl methyl sites for hydroxylation is 1. The largest absolute Gasteiger partial charge is 0.380 e. The molecule has 3 N–H and O–H groups in total. The molecule has 0 aliphatic rings. The average Bonchev–Trinajstić information content (AvgIpc) is 2.30. The summed E-state index contributed by atoms with van der Waals surface area (Å²) in [5.74, 6) is 5.52. The SMILES string of the molecule is CCOCC(NN)c1ccncc1CC. The fourth-order valence-electron chi connectivity index (χ4n) is 1.54. The van der Waals surface area contributed by atoms with Gasteiger partial charge in [-0.25, -0.2) is 0 Å². The zero-order chi connectivity index (χ0) is 11.1. The summed E-state index contributed by atoms with van der Waals surface area (Å²) in [5.41, 5.74) is 5.15. The van der Waals surface area contributed by atoms with Gasteiger partial charge in [0.2, 0.25) is 0 Å². The molecule has 0 aromatic carbocycles. The predicted molar refractivity (Wildman–Crippen MR) is 60.2 cm³/mol. The Hall–Kier alpha value is -0.970. The average molecular weight is 209 g/mol. The lowest BCUT2D eigenvalue weighted by atomic mass is 10.0. The Labute approximate surface area is 90.8 Å². The van der Waals surface area contributed by atoms with Crippen molar-refractivity contribution in [3.8, 4) is 0 Å². The Balaban J connectivity index is 2.80. The topological polar surface area (TPSA) is 60.2 Å². The minimum Gasteiger partial charge on any atom is -0.380 e. The zero-order valence-electron chi connectivity index (χ0n) is 9.36. The monoisotopic (exact) mass is 209 g/mol. The van der Waals surface area contributed by atoms with E-state index >= 15 is 0 Å². The van der Waals surface area contributed by atoms with E-state index < -0.39 is 0 Å². The number of aromatic nitrogens is 1. The molecule has 4 heteroatoms. The summed E-state index contributed by atoms with van der Waals surface area (Å²) >= 11 is 0. The molecule has 0 aliphatic heterocycles. The van der Waals surface area contributed by atoms with Crippen LogP contribution >= 0.6 is 0 Å². The van der Waals surface area contributed by atoms with Crippen LogP contribution in [0.4, 0.5) is 0 Å². The van der Waals surface area contributed by atoms with E-state index in [4.69, 9.17) is 10.6 Å². The van der Waals surface area contributed by atoms with Gasteiger partial charge in [-0.3, -0.25) is 16.3 Å². The molecule has 0 saturated heterocycles. The molecule has 0 saturated carbocycles. The molecule has 4 nitrogen and oxygen atoms in total. The van der Waals surface area contributed by atoms with Gasteiger partial charge in [-0.2, -0.15) is 0 Å². The summed E-state index contributed by atoms with van der Waals surface area (Å²) in [6.07, 6.45) is 4.61. The van der Waals surface area contributed by atoms with Crippen LogP contribution in [0.5, 0.6) is 0 Å². The molecule has 15 heavy (non-hydrogen) atoms. The molecule has 1 unspecified atom stereocenters. The molecule has 1 atom stereocenters. The van der Waals surface area contributed by atoms with E-state index in [9.17, 15) is 0 Å². The molecule has 0 bridgehead atoms. The number of rotatable bonds is 6. The number of hydrazine groups is 1. The molecule has 1 rings (SSSR count). The fraction of sp³-hybridized carbons (Fsp3) is 0.545. The van der Waals surface area contributed by atoms with Gasteiger partial charge in [-0.15, -0.1) is 0 Å². The van der Waals surface area contributed by atoms with E-state index in [0.717, 1.165) is 6.42 Å². The molecule has 0 aliphatic carbocycles. The van der Waals surface area contributed by atoms with Crippen LogP contribution in [0.3, 0.4) is 0 Å². The number of nitrogens with one attached hydrogen (secondary N) is 1. The summed E-state index contributed by atoms with van der Waals surface area (Å²) in [6.45, 7) is 5.37. The first-order chi connectivity index (χ1) is 7.33. The standard InChI is InChI=1S/C11H19N3O/c1-3-9-7-13-6-5-10(9)11(14-12)8-15-4-2/h5-7,11,14H,3-4,8,12H2,1-2H3. The highest BCUT2D eigenvalue weighted by atomic mass is 16.5. The van der Waals surface area contributed by atoms with Crippen LogP contribution in [-0.2, 0) is 11.2 Å². The summed E-state index contributed by atoms with van der Waals surface area (Å²) in [6, 6.07) is 2.03. The molecule has 0 fully saturated rings. The first kappa shape index (κ1) is 12.1. The van der Waals surface area contributed by atoms with E-state index in [1.807, 2.05) is 19.2 Å². The molecule has 0 spiro atoms. The number of ether oxygens (including phenoxy) is 1. The van der Waals surface area contributed by atoms with E-state index in [1.54, 1.807) is 6.20 Å². The lowest BCUT2D eigenvalue weighted by Crippen LogP contribution is -2.32. The van der Waals surface area contributed by atoms with E-state index in [2.05, 4.69) is 17.3 Å². The highest BCUT2D eigenvalue weighted by Crippen LogP contribution is 2.17. The third-order valence-corrected chi connectivity index (χ3v) is 2.39. The summed E-state index contributed by atoms with van der Waals surface area (Å²) in [7, 11) is 0. The second-order valence-electron chi connectivity index (χ2n) is 3.31. The molecular formula is C11H19N3O. The van der Waals surface area contributed by atoms with Crippen molar-refractivity contribution in [2.24, 2.45) is 5.84 Å².